The van der Waals surface area contributed by atoms with E-state index in [4.69, 9.17) is 5.11 Å². The summed E-state index contributed by atoms with van der Waals surface area (Å²) in [7, 11) is 0. The first kappa shape index (κ1) is 10.7. The number of hydrogen-bond donors (Lipinski definition) is 1. The predicted octanol–water partition coefficient (Wildman–Crippen LogP) is 1.53. The van der Waals surface area contributed by atoms with Crippen molar-refractivity contribution in [2.75, 3.05) is 6.61 Å². The molecule has 0 aromatic carbocycles. The van der Waals surface area contributed by atoms with Crippen LogP contribution in [0.2, 0.25) is 0 Å². The molecule has 0 aliphatic rings. The topological polar surface area (TPSA) is 32.6 Å². The molecule has 0 aromatic heterocycles. The lowest BCUT2D eigenvalue weighted by Crippen LogP contribution is -1.79. The molecule has 0 atom stereocenters. The Hall–Kier alpha value is -1.33. The molecule has 0 aliphatic heterocycles. The van der Waals surface area contributed by atoms with Gasteiger partial charge in [0.05, 0.1) is 6.61 Å². The average molecular weight is 163 g/mol. The van der Waals surface area contributed by atoms with Gasteiger partial charge < -0.3 is 5.11 Å². The summed E-state index contributed by atoms with van der Waals surface area (Å²) in [4.78, 5) is 3.90. The van der Waals surface area contributed by atoms with Gasteiger partial charge in [0.15, 0.2) is 0 Å². The smallest absolute Gasteiger partial charge is 0.0540 e. The van der Waals surface area contributed by atoms with Crippen LogP contribution in [0.3, 0.4) is 0 Å². The van der Waals surface area contributed by atoms with Crippen molar-refractivity contribution in [3.8, 4) is 11.8 Å². The van der Waals surface area contributed by atoms with Crippen molar-refractivity contribution < 1.29 is 5.11 Å². The van der Waals surface area contributed by atoms with Crippen molar-refractivity contribution >= 4 is 6.21 Å². The van der Waals surface area contributed by atoms with Gasteiger partial charge in [0.2, 0.25) is 0 Å². The van der Waals surface area contributed by atoms with E-state index in [1.54, 1.807) is 12.4 Å². The number of allylic oxidation sites excluding steroid dienone is 2. The minimum absolute atomic E-state index is 0.0896. The largest absolute Gasteiger partial charge is 0.395 e. The van der Waals surface area contributed by atoms with Gasteiger partial charge in [-0.05, 0) is 6.92 Å². The highest BCUT2D eigenvalue weighted by Gasteiger charge is 1.77. The third kappa shape index (κ3) is 6.79. The zero-order valence-electron chi connectivity index (χ0n) is 7.25. The minimum Gasteiger partial charge on any atom is -0.395 e. The number of aliphatic imine (C=N–C) groups is 1. The van der Waals surface area contributed by atoms with E-state index in [1.165, 1.54) is 0 Å². The molecule has 64 valence electrons. The van der Waals surface area contributed by atoms with E-state index in [2.05, 4.69) is 23.4 Å². The summed E-state index contributed by atoms with van der Waals surface area (Å²) in [5, 5.41) is 8.42. The minimum atomic E-state index is 0.0896. The van der Waals surface area contributed by atoms with Gasteiger partial charge in [0.25, 0.3) is 0 Å². The van der Waals surface area contributed by atoms with Crippen molar-refractivity contribution in [3.05, 3.63) is 24.4 Å². The average Bonchev–Trinajstić information content (AvgIpc) is 2.06. The lowest BCUT2D eigenvalue weighted by atomic mass is 10.3. The van der Waals surface area contributed by atoms with Crippen molar-refractivity contribution in [2.24, 2.45) is 4.99 Å². The van der Waals surface area contributed by atoms with Crippen molar-refractivity contribution in [2.45, 2.75) is 13.3 Å². The second-order valence-corrected chi connectivity index (χ2v) is 2.06. The lowest BCUT2D eigenvalue weighted by molar-refractivity contribution is 0.305. The van der Waals surface area contributed by atoms with E-state index in [0.717, 1.165) is 0 Å². The maximum Gasteiger partial charge on any atom is 0.0540 e. The summed E-state index contributed by atoms with van der Waals surface area (Å²) in [6.07, 6.45) is 5.56. The molecule has 1 N–H and O–H groups in total. The SMILES string of the molecule is C=C(C#CCCO)C=N/C=C\C. The summed E-state index contributed by atoms with van der Waals surface area (Å²) in [6.45, 7) is 5.64. The molecule has 0 unspecified atom stereocenters. The number of aliphatic hydroxyl groups is 1. The van der Waals surface area contributed by atoms with Crippen LogP contribution in [0, 0.1) is 11.8 Å². The molecule has 0 aromatic rings. The predicted molar refractivity (Wildman–Crippen MR) is 51.9 cm³/mol. The van der Waals surface area contributed by atoms with Crippen molar-refractivity contribution in [1.29, 1.82) is 0 Å². The maximum absolute atomic E-state index is 8.42. The van der Waals surface area contributed by atoms with E-state index < -0.39 is 0 Å². The Morgan fingerprint density at radius 1 is 1.67 bits per heavy atom. The Labute approximate surface area is 73.3 Å². The Balaban J connectivity index is 3.83. The Morgan fingerprint density at radius 2 is 2.42 bits per heavy atom. The fraction of sp³-hybridized carbons (Fsp3) is 0.300. The molecule has 0 bridgehead atoms. The second-order valence-electron chi connectivity index (χ2n) is 2.06. The first-order chi connectivity index (χ1) is 5.81. The van der Waals surface area contributed by atoms with Gasteiger partial charge in [-0.3, -0.25) is 4.99 Å². The first-order valence-electron chi connectivity index (χ1n) is 3.74. The van der Waals surface area contributed by atoms with Crippen LogP contribution in [-0.2, 0) is 0 Å². The van der Waals surface area contributed by atoms with Crippen LogP contribution in [-0.4, -0.2) is 17.9 Å². The third-order valence-electron chi connectivity index (χ3n) is 0.951. The fourth-order valence-electron chi connectivity index (χ4n) is 0.483. The molecule has 0 spiro atoms. The van der Waals surface area contributed by atoms with Gasteiger partial charge in [-0.15, -0.1) is 0 Å². The van der Waals surface area contributed by atoms with E-state index >= 15 is 0 Å². The van der Waals surface area contributed by atoms with Crippen LogP contribution < -0.4 is 0 Å². The van der Waals surface area contributed by atoms with Gasteiger partial charge in [0.1, 0.15) is 0 Å². The molecular formula is C10H13NO. The van der Waals surface area contributed by atoms with Crippen molar-refractivity contribution in [3.63, 3.8) is 0 Å². The van der Waals surface area contributed by atoms with E-state index in [9.17, 15) is 0 Å². The Morgan fingerprint density at radius 3 is 3.00 bits per heavy atom. The molecule has 2 nitrogen and oxygen atoms in total. The highest BCUT2D eigenvalue weighted by atomic mass is 16.2. The van der Waals surface area contributed by atoms with Gasteiger partial charge >= 0.3 is 0 Å². The molecule has 0 saturated heterocycles. The number of rotatable bonds is 3. The summed E-state index contributed by atoms with van der Waals surface area (Å²) in [6, 6.07) is 0. The van der Waals surface area contributed by atoms with Crippen LogP contribution in [0.15, 0.2) is 29.4 Å². The van der Waals surface area contributed by atoms with E-state index in [1.807, 2.05) is 13.0 Å². The summed E-state index contributed by atoms with van der Waals surface area (Å²) in [5.74, 6) is 5.50. The van der Waals surface area contributed by atoms with Gasteiger partial charge in [-0.25, -0.2) is 0 Å². The molecule has 0 aliphatic carbocycles. The molecule has 0 rings (SSSR count). The molecule has 2 heteroatoms. The van der Waals surface area contributed by atoms with Crippen LogP contribution >= 0.6 is 0 Å². The highest BCUT2D eigenvalue weighted by Crippen LogP contribution is 1.83. The van der Waals surface area contributed by atoms with Gasteiger partial charge in [-0.2, -0.15) is 0 Å². The fourth-order valence-corrected chi connectivity index (χ4v) is 0.483. The first-order valence-corrected chi connectivity index (χ1v) is 3.74. The molecule has 0 radical (unpaired) electrons. The summed E-state index contributed by atoms with van der Waals surface area (Å²) < 4.78 is 0. The number of aliphatic hydroxyl groups excluding tert-OH is 1. The van der Waals surface area contributed by atoms with Gasteiger partial charge in [0, 0.05) is 24.4 Å². The van der Waals surface area contributed by atoms with Crippen LogP contribution in [0.5, 0.6) is 0 Å². The summed E-state index contributed by atoms with van der Waals surface area (Å²) in [5.41, 5.74) is 0.654. The molecule has 0 fully saturated rings. The Bertz CT molecular complexity index is 240. The quantitative estimate of drug-likeness (QED) is 0.496. The third-order valence-corrected chi connectivity index (χ3v) is 0.951. The standard InChI is InChI=1S/C10H13NO/c1-3-7-11-9-10(2)6-4-5-8-12/h3,7,9,12H,2,5,8H2,1H3/b7-3-,11-9?. The van der Waals surface area contributed by atoms with Gasteiger partial charge in [-0.1, -0.05) is 24.5 Å². The van der Waals surface area contributed by atoms with Crippen LogP contribution in [0.4, 0.5) is 0 Å². The van der Waals surface area contributed by atoms with E-state index in [-0.39, 0.29) is 6.61 Å². The molecule has 12 heavy (non-hydrogen) atoms. The van der Waals surface area contributed by atoms with E-state index in [0.29, 0.717) is 12.0 Å². The van der Waals surface area contributed by atoms with Crippen LogP contribution in [0.25, 0.3) is 0 Å². The second kappa shape index (κ2) is 7.77. The molecule has 0 saturated carbocycles. The number of hydrogen-bond acceptors (Lipinski definition) is 2. The zero-order chi connectivity index (χ0) is 9.23. The summed E-state index contributed by atoms with van der Waals surface area (Å²) >= 11 is 0. The Kier molecular flexibility index (Phi) is 6.91. The molecular weight excluding hydrogens is 150 g/mol. The zero-order valence-corrected chi connectivity index (χ0v) is 7.25. The monoisotopic (exact) mass is 163 g/mol. The van der Waals surface area contributed by atoms with Crippen LogP contribution in [0.1, 0.15) is 13.3 Å². The lowest BCUT2D eigenvalue weighted by Gasteiger charge is -1.82. The number of nitrogens with zero attached hydrogens (tertiary/aromatic N) is 1. The molecule has 0 heterocycles. The van der Waals surface area contributed by atoms with Crippen molar-refractivity contribution in [1.82, 2.24) is 0 Å². The maximum atomic E-state index is 8.42. The highest BCUT2D eigenvalue weighted by molar-refractivity contribution is 5.83. The normalized spacial score (nSPS) is 10.2. The molecule has 0 amide bonds.